The zero-order valence-corrected chi connectivity index (χ0v) is 14.4. The maximum absolute atomic E-state index is 12.0. The lowest BCUT2D eigenvalue weighted by Gasteiger charge is -2.23. The quantitative estimate of drug-likeness (QED) is 0.752. The number of nitrogens with one attached hydrogen (secondary N) is 1. The Morgan fingerprint density at radius 3 is 2.57 bits per heavy atom. The number of hydrogen-bond acceptors (Lipinski definition) is 2. The van der Waals surface area contributed by atoms with E-state index in [9.17, 15) is 9.59 Å². The Morgan fingerprint density at radius 2 is 2.00 bits per heavy atom. The molecule has 1 rings (SSSR count). The highest BCUT2D eigenvalue weighted by Crippen LogP contribution is 2.26. The van der Waals surface area contributed by atoms with Gasteiger partial charge in [0.1, 0.15) is 0 Å². The average molecular weight is 377 g/mol. The van der Waals surface area contributed by atoms with Crippen LogP contribution in [0.3, 0.4) is 0 Å². The second-order valence-corrected chi connectivity index (χ2v) is 7.01. The molecule has 4 nitrogen and oxygen atoms in total. The molecular formula is C15H19BrClNO3. The van der Waals surface area contributed by atoms with E-state index in [2.05, 4.69) is 21.2 Å². The summed E-state index contributed by atoms with van der Waals surface area (Å²) in [7, 11) is 0. The van der Waals surface area contributed by atoms with Crippen molar-refractivity contribution in [1.82, 2.24) is 5.32 Å². The van der Waals surface area contributed by atoms with Crippen molar-refractivity contribution < 1.29 is 14.7 Å². The van der Waals surface area contributed by atoms with Gasteiger partial charge in [-0.1, -0.05) is 41.4 Å². The number of benzene rings is 1. The molecule has 0 saturated carbocycles. The van der Waals surface area contributed by atoms with Crippen LogP contribution in [0.25, 0.3) is 0 Å². The van der Waals surface area contributed by atoms with E-state index < -0.39 is 5.97 Å². The zero-order chi connectivity index (χ0) is 16.0. The third kappa shape index (κ3) is 6.48. The molecule has 1 aromatic carbocycles. The molecule has 2 N–H and O–H groups in total. The molecule has 0 aliphatic carbocycles. The number of carboxylic acid groups (broad SMARTS) is 1. The molecule has 0 aliphatic heterocycles. The Bertz CT molecular complexity index is 532. The van der Waals surface area contributed by atoms with E-state index in [0.717, 1.165) is 4.47 Å². The predicted octanol–water partition coefficient (Wildman–Crippen LogP) is 4.11. The van der Waals surface area contributed by atoms with Gasteiger partial charge < -0.3 is 10.4 Å². The van der Waals surface area contributed by atoms with Crippen LogP contribution in [0.5, 0.6) is 0 Å². The summed E-state index contributed by atoms with van der Waals surface area (Å²) < 4.78 is 0.818. The molecule has 0 aliphatic rings. The Balaban J connectivity index is 2.48. The van der Waals surface area contributed by atoms with Crippen molar-refractivity contribution in [2.45, 2.75) is 33.1 Å². The first-order chi connectivity index (χ1) is 9.71. The van der Waals surface area contributed by atoms with Crippen molar-refractivity contribution in [2.24, 2.45) is 5.41 Å². The molecule has 116 valence electrons. The van der Waals surface area contributed by atoms with Crippen LogP contribution in [0.15, 0.2) is 22.7 Å². The molecule has 0 spiro atoms. The van der Waals surface area contributed by atoms with Gasteiger partial charge >= 0.3 is 5.97 Å². The molecule has 0 saturated heterocycles. The van der Waals surface area contributed by atoms with Gasteiger partial charge in [-0.25, -0.2) is 0 Å². The van der Waals surface area contributed by atoms with E-state index in [1.54, 1.807) is 18.2 Å². The number of hydrogen-bond donors (Lipinski definition) is 2. The summed E-state index contributed by atoms with van der Waals surface area (Å²) >= 11 is 9.31. The minimum Gasteiger partial charge on any atom is -0.481 e. The van der Waals surface area contributed by atoms with Gasteiger partial charge in [0, 0.05) is 17.4 Å². The fourth-order valence-electron chi connectivity index (χ4n) is 1.85. The van der Waals surface area contributed by atoms with Gasteiger partial charge in [-0.15, -0.1) is 0 Å². The lowest BCUT2D eigenvalue weighted by atomic mass is 9.84. The van der Waals surface area contributed by atoms with E-state index >= 15 is 0 Å². The third-order valence-corrected chi connectivity index (χ3v) is 4.08. The molecule has 6 heteroatoms. The molecule has 1 amide bonds. The average Bonchev–Trinajstić information content (AvgIpc) is 2.36. The molecule has 0 heterocycles. The summed E-state index contributed by atoms with van der Waals surface area (Å²) in [6.07, 6.45) is 1.43. The minimum absolute atomic E-state index is 0.130. The molecule has 1 aromatic rings. The Labute approximate surface area is 138 Å². The first kappa shape index (κ1) is 18.0. The molecule has 0 fully saturated rings. The summed E-state index contributed by atoms with van der Waals surface area (Å²) in [5.74, 6) is -1.02. The number of carbonyl (C=O) groups is 2. The van der Waals surface area contributed by atoms with Crippen LogP contribution in [0.1, 0.15) is 43.5 Å². The van der Waals surface area contributed by atoms with Gasteiger partial charge in [-0.2, -0.15) is 0 Å². The van der Waals surface area contributed by atoms with Gasteiger partial charge in [0.2, 0.25) is 0 Å². The van der Waals surface area contributed by atoms with Crippen LogP contribution in [0.2, 0.25) is 5.02 Å². The summed E-state index contributed by atoms with van der Waals surface area (Å²) in [6, 6.07) is 5.10. The molecule has 0 aromatic heterocycles. The van der Waals surface area contributed by atoms with Crippen LogP contribution >= 0.6 is 27.5 Å². The fourth-order valence-corrected chi connectivity index (χ4v) is 2.61. The number of aliphatic carboxylic acids is 1. The Kier molecular flexibility index (Phi) is 6.68. The van der Waals surface area contributed by atoms with Gasteiger partial charge in [0.25, 0.3) is 5.91 Å². The second kappa shape index (κ2) is 7.80. The minimum atomic E-state index is -0.797. The summed E-state index contributed by atoms with van der Waals surface area (Å²) in [6.45, 7) is 4.47. The van der Waals surface area contributed by atoms with E-state index in [1.807, 2.05) is 13.8 Å². The van der Waals surface area contributed by atoms with Crippen LogP contribution in [-0.4, -0.2) is 23.5 Å². The first-order valence-corrected chi connectivity index (χ1v) is 7.83. The van der Waals surface area contributed by atoms with E-state index in [0.29, 0.717) is 30.0 Å². The summed E-state index contributed by atoms with van der Waals surface area (Å²) in [4.78, 5) is 22.6. The van der Waals surface area contributed by atoms with Crippen LogP contribution < -0.4 is 5.32 Å². The van der Waals surface area contributed by atoms with Gasteiger partial charge in [0.05, 0.1) is 10.6 Å². The first-order valence-electron chi connectivity index (χ1n) is 6.66. The Morgan fingerprint density at radius 1 is 1.33 bits per heavy atom. The van der Waals surface area contributed by atoms with Gasteiger partial charge in [-0.05, 0) is 36.5 Å². The zero-order valence-electron chi connectivity index (χ0n) is 12.1. The predicted molar refractivity (Wildman–Crippen MR) is 86.8 cm³/mol. The number of halogens is 2. The van der Waals surface area contributed by atoms with Crippen molar-refractivity contribution in [3.05, 3.63) is 33.3 Å². The maximum atomic E-state index is 12.0. The van der Waals surface area contributed by atoms with Crippen LogP contribution in [0, 0.1) is 5.41 Å². The van der Waals surface area contributed by atoms with E-state index in [-0.39, 0.29) is 17.7 Å². The smallest absolute Gasteiger partial charge is 0.303 e. The van der Waals surface area contributed by atoms with Crippen molar-refractivity contribution in [3.63, 3.8) is 0 Å². The van der Waals surface area contributed by atoms with Gasteiger partial charge in [0.15, 0.2) is 0 Å². The van der Waals surface area contributed by atoms with E-state index in [1.165, 1.54) is 0 Å². The van der Waals surface area contributed by atoms with Gasteiger partial charge in [-0.3, -0.25) is 9.59 Å². The van der Waals surface area contributed by atoms with Crippen molar-refractivity contribution in [3.8, 4) is 0 Å². The van der Waals surface area contributed by atoms with Crippen molar-refractivity contribution >= 4 is 39.4 Å². The molecule has 0 unspecified atom stereocenters. The molecular weight excluding hydrogens is 358 g/mol. The molecule has 0 bridgehead atoms. The maximum Gasteiger partial charge on any atom is 0.303 e. The number of amides is 1. The number of rotatable bonds is 7. The summed E-state index contributed by atoms with van der Waals surface area (Å²) in [5.41, 5.74) is 0.304. The highest BCUT2D eigenvalue weighted by atomic mass is 79.9. The van der Waals surface area contributed by atoms with E-state index in [4.69, 9.17) is 16.7 Å². The standard InChI is InChI=1S/C15H19BrClNO3/c1-15(2,6-5-13(19)20)7-8-18-14(21)11-4-3-10(16)9-12(11)17/h3-4,9H,5-8H2,1-2H3,(H,18,21)(H,19,20). The lowest BCUT2D eigenvalue weighted by Crippen LogP contribution is -2.28. The molecule has 21 heavy (non-hydrogen) atoms. The fraction of sp³-hybridized carbons (Fsp3) is 0.467. The molecule has 0 atom stereocenters. The summed E-state index contributed by atoms with van der Waals surface area (Å²) in [5, 5.41) is 11.9. The highest BCUT2D eigenvalue weighted by molar-refractivity contribution is 9.10. The SMILES string of the molecule is CC(C)(CCNC(=O)c1ccc(Br)cc1Cl)CCC(=O)O. The molecule has 0 radical (unpaired) electrons. The lowest BCUT2D eigenvalue weighted by molar-refractivity contribution is -0.137. The Hall–Kier alpha value is -1.07. The normalized spacial score (nSPS) is 11.2. The topological polar surface area (TPSA) is 66.4 Å². The third-order valence-electron chi connectivity index (χ3n) is 3.28. The van der Waals surface area contributed by atoms with Crippen LogP contribution in [0.4, 0.5) is 0 Å². The van der Waals surface area contributed by atoms with Crippen LogP contribution in [-0.2, 0) is 4.79 Å². The van der Waals surface area contributed by atoms with Crippen molar-refractivity contribution in [2.75, 3.05) is 6.54 Å². The highest BCUT2D eigenvalue weighted by Gasteiger charge is 2.19. The number of carbonyl (C=O) groups excluding carboxylic acids is 1. The second-order valence-electron chi connectivity index (χ2n) is 5.69. The largest absolute Gasteiger partial charge is 0.481 e. The number of carboxylic acids is 1. The van der Waals surface area contributed by atoms with Crippen molar-refractivity contribution in [1.29, 1.82) is 0 Å². The monoisotopic (exact) mass is 375 g/mol.